The van der Waals surface area contributed by atoms with E-state index in [0.717, 1.165) is 33.5 Å². The first kappa shape index (κ1) is 16.1. The number of fused-ring (bicyclic) bond motifs is 1. The highest BCUT2D eigenvalue weighted by Crippen LogP contribution is 2.36. The molecule has 0 amide bonds. The summed E-state index contributed by atoms with van der Waals surface area (Å²) in [6.45, 7) is 6.23. The van der Waals surface area contributed by atoms with Gasteiger partial charge in [-0.15, -0.1) is 0 Å². The van der Waals surface area contributed by atoms with Gasteiger partial charge in [-0.25, -0.2) is 4.79 Å². The van der Waals surface area contributed by atoms with E-state index in [2.05, 4.69) is 30.1 Å². The third-order valence-corrected chi connectivity index (χ3v) is 4.28. The number of carboxylic acid groups (broad SMARTS) is 1. The molecule has 124 valence electrons. The lowest BCUT2D eigenvalue weighted by Crippen LogP contribution is -1.98. The molecule has 0 fully saturated rings. The molecule has 0 unspecified atom stereocenters. The fourth-order valence-electron chi connectivity index (χ4n) is 3.01. The summed E-state index contributed by atoms with van der Waals surface area (Å²) in [6, 6.07) is 9.30. The van der Waals surface area contributed by atoms with Gasteiger partial charge in [-0.3, -0.25) is 5.10 Å². The number of rotatable bonds is 4. The summed E-state index contributed by atoms with van der Waals surface area (Å²) in [6.07, 6.45) is 0. The molecular formula is C19H20N2O3. The molecule has 0 saturated heterocycles. The molecule has 0 saturated carbocycles. The molecule has 2 aromatic carbocycles. The second-order valence-corrected chi connectivity index (χ2v) is 6.17. The molecule has 24 heavy (non-hydrogen) atoms. The maximum Gasteiger partial charge on any atom is 0.337 e. The lowest BCUT2D eigenvalue weighted by molar-refractivity contribution is 0.0699. The van der Waals surface area contributed by atoms with E-state index >= 15 is 0 Å². The van der Waals surface area contributed by atoms with Crippen LogP contribution in [0, 0.1) is 6.92 Å². The Morgan fingerprint density at radius 3 is 2.67 bits per heavy atom. The first-order valence-electron chi connectivity index (χ1n) is 7.83. The van der Waals surface area contributed by atoms with Crippen LogP contribution in [0.2, 0.25) is 0 Å². The molecule has 5 nitrogen and oxygen atoms in total. The van der Waals surface area contributed by atoms with Crippen molar-refractivity contribution in [3.8, 4) is 17.0 Å². The monoisotopic (exact) mass is 324 g/mol. The van der Waals surface area contributed by atoms with Crippen molar-refractivity contribution < 1.29 is 14.6 Å². The number of aromatic carboxylic acids is 1. The zero-order valence-electron chi connectivity index (χ0n) is 14.2. The molecule has 1 heterocycles. The Hall–Kier alpha value is -2.82. The van der Waals surface area contributed by atoms with Gasteiger partial charge >= 0.3 is 5.97 Å². The normalized spacial score (nSPS) is 11.2. The van der Waals surface area contributed by atoms with Crippen LogP contribution in [0.1, 0.15) is 41.3 Å². The Morgan fingerprint density at radius 2 is 2.04 bits per heavy atom. The van der Waals surface area contributed by atoms with Crippen LogP contribution in [-0.4, -0.2) is 28.4 Å². The molecule has 0 radical (unpaired) electrons. The second kappa shape index (κ2) is 6.00. The van der Waals surface area contributed by atoms with E-state index in [1.165, 1.54) is 0 Å². The minimum absolute atomic E-state index is 0.224. The first-order chi connectivity index (χ1) is 11.4. The second-order valence-electron chi connectivity index (χ2n) is 6.17. The number of methoxy groups -OCH3 is 1. The smallest absolute Gasteiger partial charge is 0.337 e. The number of H-pyrrole nitrogens is 1. The zero-order chi connectivity index (χ0) is 17.4. The quantitative estimate of drug-likeness (QED) is 0.747. The van der Waals surface area contributed by atoms with E-state index in [9.17, 15) is 9.90 Å². The minimum atomic E-state index is -0.967. The van der Waals surface area contributed by atoms with Crippen molar-refractivity contribution in [1.29, 1.82) is 0 Å². The Kier molecular flexibility index (Phi) is 4.01. The predicted octanol–water partition coefficient (Wildman–Crippen LogP) is 4.37. The number of nitrogens with zero attached hydrogens (tertiary/aromatic N) is 1. The van der Waals surface area contributed by atoms with Gasteiger partial charge in [-0.1, -0.05) is 26.0 Å². The average molecular weight is 324 g/mol. The molecule has 2 N–H and O–H groups in total. The number of hydrogen-bond donors (Lipinski definition) is 2. The largest absolute Gasteiger partial charge is 0.496 e. The number of nitrogens with one attached hydrogen (secondary N) is 1. The number of carboxylic acids is 1. The third-order valence-electron chi connectivity index (χ3n) is 4.28. The van der Waals surface area contributed by atoms with Crippen LogP contribution in [0.5, 0.6) is 5.75 Å². The number of ether oxygens (including phenoxy) is 1. The average Bonchev–Trinajstić information content (AvgIpc) is 2.97. The molecule has 0 bridgehead atoms. The number of carbonyl (C=O) groups is 1. The summed E-state index contributed by atoms with van der Waals surface area (Å²) in [7, 11) is 1.67. The maximum absolute atomic E-state index is 11.4. The highest BCUT2D eigenvalue weighted by molar-refractivity contribution is 6.06. The zero-order valence-corrected chi connectivity index (χ0v) is 14.2. The molecule has 0 aliphatic rings. The fourth-order valence-corrected chi connectivity index (χ4v) is 3.01. The predicted molar refractivity (Wildman–Crippen MR) is 93.9 cm³/mol. The number of aromatic amines is 1. The molecular weight excluding hydrogens is 304 g/mol. The lowest BCUT2D eigenvalue weighted by Gasteiger charge is -2.15. The Balaban J connectivity index is 2.27. The van der Waals surface area contributed by atoms with E-state index in [0.29, 0.717) is 11.4 Å². The number of aryl methyl sites for hydroxylation is 1. The molecule has 0 aliphatic carbocycles. The van der Waals surface area contributed by atoms with E-state index in [1.807, 2.05) is 19.1 Å². The Morgan fingerprint density at radius 1 is 1.29 bits per heavy atom. The van der Waals surface area contributed by atoms with Crippen LogP contribution < -0.4 is 4.74 Å². The van der Waals surface area contributed by atoms with Crippen molar-refractivity contribution in [1.82, 2.24) is 10.2 Å². The lowest BCUT2D eigenvalue weighted by atomic mass is 9.94. The van der Waals surface area contributed by atoms with Crippen LogP contribution in [0.25, 0.3) is 22.2 Å². The van der Waals surface area contributed by atoms with Crippen molar-refractivity contribution >= 4 is 16.9 Å². The van der Waals surface area contributed by atoms with Gasteiger partial charge in [0.25, 0.3) is 0 Å². The van der Waals surface area contributed by atoms with Gasteiger partial charge in [0, 0.05) is 10.9 Å². The number of benzene rings is 2. The van der Waals surface area contributed by atoms with E-state index in [-0.39, 0.29) is 5.56 Å². The maximum atomic E-state index is 11.4. The third kappa shape index (κ3) is 2.52. The van der Waals surface area contributed by atoms with Crippen molar-refractivity contribution in [3.05, 3.63) is 47.0 Å². The summed E-state index contributed by atoms with van der Waals surface area (Å²) >= 11 is 0. The first-order valence-corrected chi connectivity index (χ1v) is 7.83. The van der Waals surface area contributed by atoms with Crippen molar-refractivity contribution in [2.24, 2.45) is 0 Å². The standard InChI is InChI=1S/C19H20N2O3/c1-10(2)14-9-15(11(3)8-16(14)24-4)18-12-6-5-7-13(19(22)23)17(12)20-21-18/h5-10H,1-4H3,(H,20,21)(H,22,23). The van der Waals surface area contributed by atoms with Crippen LogP contribution in [0.15, 0.2) is 30.3 Å². The van der Waals surface area contributed by atoms with Gasteiger partial charge in [-0.2, -0.15) is 5.10 Å². The Labute approximate surface area is 140 Å². The summed E-state index contributed by atoms with van der Waals surface area (Å²) in [5.74, 6) is 0.196. The van der Waals surface area contributed by atoms with Crippen molar-refractivity contribution in [2.45, 2.75) is 26.7 Å². The van der Waals surface area contributed by atoms with E-state index in [4.69, 9.17) is 4.74 Å². The molecule has 0 aliphatic heterocycles. The highest BCUT2D eigenvalue weighted by atomic mass is 16.5. The summed E-state index contributed by atoms with van der Waals surface area (Å²) in [5, 5.41) is 17.4. The van der Waals surface area contributed by atoms with E-state index < -0.39 is 5.97 Å². The summed E-state index contributed by atoms with van der Waals surface area (Å²) in [4.78, 5) is 11.4. The number of hydrogen-bond acceptors (Lipinski definition) is 3. The van der Waals surface area contributed by atoms with Crippen LogP contribution >= 0.6 is 0 Å². The minimum Gasteiger partial charge on any atom is -0.496 e. The van der Waals surface area contributed by atoms with Gasteiger partial charge in [0.05, 0.1) is 18.2 Å². The Bertz CT molecular complexity index is 926. The summed E-state index contributed by atoms with van der Waals surface area (Å²) in [5.41, 5.74) is 4.64. The van der Waals surface area contributed by atoms with Gasteiger partial charge in [0.15, 0.2) is 0 Å². The van der Waals surface area contributed by atoms with Gasteiger partial charge < -0.3 is 9.84 Å². The van der Waals surface area contributed by atoms with Gasteiger partial charge in [0.1, 0.15) is 11.4 Å². The molecule has 5 heteroatoms. The van der Waals surface area contributed by atoms with Gasteiger partial charge in [0.2, 0.25) is 0 Å². The van der Waals surface area contributed by atoms with Crippen LogP contribution in [0.3, 0.4) is 0 Å². The highest BCUT2D eigenvalue weighted by Gasteiger charge is 2.18. The molecule has 3 aromatic rings. The number of para-hydroxylation sites is 1. The summed E-state index contributed by atoms with van der Waals surface area (Å²) < 4.78 is 5.49. The van der Waals surface area contributed by atoms with Crippen LogP contribution in [0.4, 0.5) is 0 Å². The van der Waals surface area contributed by atoms with Crippen LogP contribution in [-0.2, 0) is 0 Å². The molecule has 1 aromatic heterocycles. The van der Waals surface area contributed by atoms with E-state index in [1.54, 1.807) is 19.2 Å². The van der Waals surface area contributed by atoms with Crippen molar-refractivity contribution in [3.63, 3.8) is 0 Å². The molecule has 0 spiro atoms. The fraction of sp³-hybridized carbons (Fsp3) is 0.263. The van der Waals surface area contributed by atoms with Gasteiger partial charge in [-0.05, 0) is 42.2 Å². The topological polar surface area (TPSA) is 75.2 Å². The SMILES string of the molecule is COc1cc(C)c(-c2n[nH]c3c(C(=O)O)cccc23)cc1C(C)C. The van der Waals surface area contributed by atoms with Crippen molar-refractivity contribution in [2.75, 3.05) is 7.11 Å². The number of aromatic nitrogens is 2. The molecule has 0 atom stereocenters. The molecule has 3 rings (SSSR count).